The Morgan fingerprint density at radius 1 is 1.47 bits per heavy atom. The Labute approximate surface area is 115 Å². The number of nitrogens with zero attached hydrogens (tertiary/aromatic N) is 1. The van der Waals surface area contributed by atoms with Crippen LogP contribution in [0.3, 0.4) is 0 Å². The van der Waals surface area contributed by atoms with Crippen LogP contribution in [0, 0.1) is 0 Å². The van der Waals surface area contributed by atoms with Gasteiger partial charge in [-0.25, -0.2) is 4.98 Å². The van der Waals surface area contributed by atoms with Gasteiger partial charge in [0.05, 0.1) is 6.61 Å². The fraction of sp³-hybridized carbons (Fsp3) is 0.231. The second-order valence-electron chi connectivity index (χ2n) is 3.82. The highest BCUT2D eigenvalue weighted by Crippen LogP contribution is 2.18. The molecule has 0 saturated carbocycles. The number of ether oxygens (including phenoxy) is 1. The number of amides is 1. The third-order valence-electron chi connectivity index (χ3n) is 2.48. The van der Waals surface area contributed by atoms with Crippen LogP contribution in [0.4, 0.5) is 10.8 Å². The average Bonchev–Trinajstić information content (AvgIpc) is 2.84. The predicted molar refractivity (Wildman–Crippen MR) is 76.3 cm³/mol. The maximum Gasteiger partial charge on any atom is 0.275 e. The highest BCUT2D eigenvalue weighted by Gasteiger charge is 2.11. The molecule has 0 radical (unpaired) electrons. The Morgan fingerprint density at radius 2 is 2.26 bits per heavy atom. The van der Waals surface area contributed by atoms with E-state index in [1.165, 1.54) is 11.3 Å². The van der Waals surface area contributed by atoms with E-state index >= 15 is 0 Å². The van der Waals surface area contributed by atoms with Gasteiger partial charge in [0.15, 0.2) is 5.13 Å². The van der Waals surface area contributed by atoms with E-state index in [0.717, 1.165) is 11.3 Å². The summed E-state index contributed by atoms with van der Waals surface area (Å²) in [7, 11) is 0. The van der Waals surface area contributed by atoms with E-state index in [4.69, 9.17) is 10.5 Å². The second kappa shape index (κ2) is 6.31. The number of thiazole rings is 1. The van der Waals surface area contributed by atoms with Crippen molar-refractivity contribution in [2.45, 2.75) is 13.5 Å². The number of nitrogens with two attached hydrogens (primary N) is 1. The highest BCUT2D eigenvalue weighted by molar-refractivity contribution is 7.13. The lowest BCUT2D eigenvalue weighted by Crippen LogP contribution is -2.14. The molecule has 1 aromatic heterocycles. The summed E-state index contributed by atoms with van der Waals surface area (Å²) in [4.78, 5) is 15.9. The van der Waals surface area contributed by atoms with E-state index in [2.05, 4.69) is 10.3 Å². The first-order valence-electron chi connectivity index (χ1n) is 5.88. The fourth-order valence-corrected chi connectivity index (χ4v) is 2.10. The minimum absolute atomic E-state index is 0.267. The number of benzene rings is 1. The number of hydrogen-bond acceptors (Lipinski definition) is 5. The number of carbonyl (C=O) groups is 1. The zero-order valence-electron chi connectivity index (χ0n) is 10.6. The smallest absolute Gasteiger partial charge is 0.275 e. The molecule has 0 saturated heterocycles. The first-order chi connectivity index (χ1) is 9.20. The summed E-state index contributed by atoms with van der Waals surface area (Å²) in [6.07, 6.45) is 0. The van der Waals surface area contributed by atoms with Crippen LogP contribution in [0.1, 0.15) is 23.0 Å². The first-order valence-corrected chi connectivity index (χ1v) is 6.76. The number of aromatic nitrogens is 1. The third-order valence-corrected chi connectivity index (χ3v) is 3.16. The SMILES string of the molecule is CCOCc1ccccc1NC(=O)c1csc(N)n1. The third kappa shape index (κ3) is 3.52. The van der Waals surface area contributed by atoms with Gasteiger partial charge in [0, 0.05) is 23.2 Å². The summed E-state index contributed by atoms with van der Waals surface area (Å²) in [5, 5.41) is 4.84. The van der Waals surface area contributed by atoms with Crippen molar-refractivity contribution in [3.63, 3.8) is 0 Å². The van der Waals surface area contributed by atoms with Crippen molar-refractivity contribution in [2.24, 2.45) is 0 Å². The van der Waals surface area contributed by atoms with E-state index in [-0.39, 0.29) is 5.91 Å². The molecule has 2 rings (SSSR count). The molecule has 0 spiro atoms. The summed E-state index contributed by atoms with van der Waals surface area (Å²) in [5.41, 5.74) is 7.50. The predicted octanol–water partition coefficient (Wildman–Crippen LogP) is 2.51. The van der Waals surface area contributed by atoms with Crippen LogP contribution in [0.2, 0.25) is 0 Å². The number of carbonyl (C=O) groups excluding carboxylic acids is 1. The van der Waals surface area contributed by atoms with Gasteiger partial charge in [-0.15, -0.1) is 11.3 Å². The maximum atomic E-state index is 12.0. The van der Waals surface area contributed by atoms with Crippen molar-refractivity contribution >= 4 is 28.1 Å². The van der Waals surface area contributed by atoms with Gasteiger partial charge in [-0.05, 0) is 13.0 Å². The van der Waals surface area contributed by atoms with Crippen molar-refractivity contribution in [2.75, 3.05) is 17.7 Å². The van der Waals surface area contributed by atoms with Crippen LogP contribution in [0.25, 0.3) is 0 Å². The molecule has 1 aromatic carbocycles. The van der Waals surface area contributed by atoms with Gasteiger partial charge in [0.1, 0.15) is 5.69 Å². The summed E-state index contributed by atoms with van der Waals surface area (Å²) < 4.78 is 5.37. The monoisotopic (exact) mass is 277 g/mol. The summed E-state index contributed by atoms with van der Waals surface area (Å²) in [6, 6.07) is 7.52. The lowest BCUT2D eigenvalue weighted by molar-refractivity contribution is 0.102. The average molecular weight is 277 g/mol. The van der Waals surface area contributed by atoms with Crippen molar-refractivity contribution in [1.82, 2.24) is 4.98 Å². The number of para-hydroxylation sites is 1. The van der Waals surface area contributed by atoms with Crippen molar-refractivity contribution in [1.29, 1.82) is 0 Å². The summed E-state index contributed by atoms with van der Waals surface area (Å²) in [6.45, 7) is 3.02. The molecule has 0 atom stereocenters. The Bertz CT molecular complexity index is 569. The number of anilines is 2. The van der Waals surface area contributed by atoms with Gasteiger partial charge in [-0.3, -0.25) is 4.79 Å². The minimum Gasteiger partial charge on any atom is -0.377 e. The molecular weight excluding hydrogens is 262 g/mol. The molecule has 0 bridgehead atoms. The van der Waals surface area contributed by atoms with E-state index in [1.54, 1.807) is 5.38 Å². The molecule has 19 heavy (non-hydrogen) atoms. The van der Waals surface area contributed by atoms with Crippen LogP contribution in [0.5, 0.6) is 0 Å². The molecule has 0 fully saturated rings. The molecule has 0 aliphatic rings. The molecule has 2 aromatic rings. The van der Waals surface area contributed by atoms with Crippen LogP contribution >= 0.6 is 11.3 Å². The normalized spacial score (nSPS) is 10.4. The largest absolute Gasteiger partial charge is 0.377 e. The topological polar surface area (TPSA) is 77.2 Å². The Hall–Kier alpha value is -1.92. The Kier molecular flexibility index (Phi) is 4.48. The van der Waals surface area contributed by atoms with E-state index in [0.29, 0.717) is 24.0 Å². The molecule has 0 aliphatic carbocycles. The molecule has 100 valence electrons. The van der Waals surface area contributed by atoms with E-state index < -0.39 is 0 Å². The summed E-state index contributed by atoms with van der Waals surface area (Å²) in [5.74, 6) is -0.267. The van der Waals surface area contributed by atoms with Gasteiger partial charge in [-0.2, -0.15) is 0 Å². The van der Waals surface area contributed by atoms with Crippen LogP contribution < -0.4 is 11.1 Å². The molecule has 1 heterocycles. The number of nitrogen functional groups attached to an aromatic ring is 1. The molecular formula is C13H15N3O2S. The summed E-state index contributed by atoms with van der Waals surface area (Å²) >= 11 is 1.24. The van der Waals surface area contributed by atoms with Crippen molar-refractivity contribution in [3.8, 4) is 0 Å². The van der Waals surface area contributed by atoms with Crippen LogP contribution in [-0.4, -0.2) is 17.5 Å². The first kappa shape index (κ1) is 13.5. The number of rotatable bonds is 5. The maximum absolute atomic E-state index is 12.0. The highest BCUT2D eigenvalue weighted by atomic mass is 32.1. The second-order valence-corrected chi connectivity index (χ2v) is 4.71. The van der Waals surface area contributed by atoms with Gasteiger partial charge in [0.25, 0.3) is 5.91 Å². The van der Waals surface area contributed by atoms with Gasteiger partial charge in [0.2, 0.25) is 0 Å². The zero-order valence-corrected chi connectivity index (χ0v) is 11.4. The molecule has 0 aliphatic heterocycles. The van der Waals surface area contributed by atoms with Crippen LogP contribution in [0.15, 0.2) is 29.6 Å². The lowest BCUT2D eigenvalue weighted by Gasteiger charge is -2.10. The van der Waals surface area contributed by atoms with E-state index in [1.807, 2.05) is 31.2 Å². The number of nitrogens with one attached hydrogen (secondary N) is 1. The molecule has 1 amide bonds. The van der Waals surface area contributed by atoms with Crippen molar-refractivity contribution in [3.05, 3.63) is 40.9 Å². The Morgan fingerprint density at radius 3 is 2.95 bits per heavy atom. The quantitative estimate of drug-likeness (QED) is 0.880. The number of hydrogen-bond donors (Lipinski definition) is 2. The van der Waals surface area contributed by atoms with Gasteiger partial charge in [-0.1, -0.05) is 18.2 Å². The standard InChI is InChI=1S/C13H15N3O2S/c1-2-18-7-9-5-3-4-6-10(9)15-12(17)11-8-19-13(14)16-11/h3-6,8H,2,7H2,1H3,(H2,14,16)(H,15,17). The van der Waals surface area contributed by atoms with Crippen molar-refractivity contribution < 1.29 is 9.53 Å². The molecule has 3 N–H and O–H groups in total. The van der Waals surface area contributed by atoms with Crippen LogP contribution in [-0.2, 0) is 11.3 Å². The molecule has 0 unspecified atom stereocenters. The van der Waals surface area contributed by atoms with Gasteiger partial charge >= 0.3 is 0 Å². The minimum atomic E-state index is -0.267. The van der Waals surface area contributed by atoms with E-state index in [9.17, 15) is 4.79 Å². The fourth-order valence-electron chi connectivity index (χ4n) is 1.56. The molecule has 6 heteroatoms. The lowest BCUT2D eigenvalue weighted by atomic mass is 10.2. The van der Waals surface area contributed by atoms with Gasteiger partial charge < -0.3 is 15.8 Å². The Balaban J connectivity index is 2.12. The molecule has 5 nitrogen and oxygen atoms in total. The zero-order chi connectivity index (χ0) is 13.7.